The highest BCUT2D eigenvalue weighted by molar-refractivity contribution is 5.98. The summed E-state index contributed by atoms with van der Waals surface area (Å²) in [6.45, 7) is 1.12. The minimum atomic E-state index is -0.583. The number of halogens is 1. The topological polar surface area (TPSA) is 103 Å². The average Bonchev–Trinajstić information content (AvgIpc) is 2.71. The number of carbonyl (C=O) groups is 1. The molecule has 2 aromatic heterocycles. The summed E-state index contributed by atoms with van der Waals surface area (Å²) in [6.07, 6.45) is 0.490. The smallest absolute Gasteiger partial charge is 0.255 e. The summed E-state index contributed by atoms with van der Waals surface area (Å²) < 4.78 is 17.7. The number of benzene rings is 1. The van der Waals surface area contributed by atoms with Crippen molar-refractivity contribution in [1.82, 2.24) is 20.3 Å². The van der Waals surface area contributed by atoms with Crippen LogP contribution in [0.2, 0.25) is 0 Å². The Bertz CT molecular complexity index is 1070. The van der Waals surface area contributed by atoms with Crippen LogP contribution in [0.15, 0.2) is 42.5 Å². The number of aromatic nitrogens is 3. The zero-order valence-corrected chi connectivity index (χ0v) is 15.9. The maximum Gasteiger partial charge on any atom is 0.255 e. The second kappa shape index (κ2) is 7.83. The Kier molecular flexibility index (Phi) is 5.07. The van der Waals surface area contributed by atoms with Crippen molar-refractivity contribution in [2.75, 3.05) is 19.0 Å². The van der Waals surface area contributed by atoms with Gasteiger partial charge in [-0.1, -0.05) is 30.3 Å². The Hall–Kier alpha value is -3.55. The van der Waals surface area contributed by atoms with Gasteiger partial charge in [0, 0.05) is 18.1 Å². The normalized spacial score (nSPS) is 15.5. The zero-order valence-electron chi connectivity index (χ0n) is 15.9. The fourth-order valence-electron chi connectivity index (χ4n) is 3.58. The van der Waals surface area contributed by atoms with Crippen molar-refractivity contribution in [3.63, 3.8) is 0 Å². The van der Waals surface area contributed by atoms with Gasteiger partial charge in [0.1, 0.15) is 13.3 Å². The Balaban J connectivity index is 1.72. The van der Waals surface area contributed by atoms with Gasteiger partial charge >= 0.3 is 0 Å². The summed E-state index contributed by atoms with van der Waals surface area (Å²) in [6, 6.07) is 12.7. The van der Waals surface area contributed by atoms with E-state index in [0.29, 0.717) is 34.9 Å². The molecule has 7 nitrogen and oxygen atoms in total. The van der Waals surface area contributed by atoms with Gasteiger partial charge in [0.2, 0.25) is 11.8 Å². The molecule has 1 amide bonds. The summed E-state index contributed by atoms with van der Waals surface area (Å²) in [4.78, 5) is 25.6. The standard InChI is InChI=1S/C21H20FN5O2/c1-12-19-17(27-21(23)24-12)11-16(26-20(19)28)14-6-3-2-5-13(14)15-7-4-8-18(25-15)29-10-9-22/h2-8,16H,9-11H2,1H3,(H,26,28)(H2,23,24,27)/i22-1. The zero-order chi connectivity index (χ0) is 20.4. The van der Waals surface area contributed by atoms with Gasteiger partial charge < -0.3 is 15.8 Å². The van der Waals surface area contributed by atoms with E-state index in [0.717, 1.165) is 11.1 Å². The van der Waals surface area contributed by atoms with Crippen LogP contribution in [0.1, 0.15) is 33.4 Å². The van der Waals surface area contributed by atoms with Crippen LogP contribution in [0.4, 0.5) is 10.3 Å². The largest absolute Gasteiger partial charge is 0.475 e. The summed E-state index contributed by atoms with van der Waals surface area (Å²) in [5.74, 6) is 0.281. The van der Waals surface area contributed by atoms with Crippen molar-refractivity contribution in [3.05, 3.63) is 65.0 Å². The van der Waals surface area contributed by atoms with E-state index in [-0.39, 0.29) is 24.5 Å². The van der Waals surface area contributed by atoms with E-state index in [2.05, 4.69) is 20.3 Å². The second-order valence-corrected chi connectivity index (χ2v) is 6.70. The molecular formula is C21H20FN5O2. The highest BCUT2D eigenvalue weighted by Crippen LogP contribution is 2.33. The van der Waals surface area contributed by atoms with E-state index in [1.807, 2.05) is 30.3 Å². The first kappa shape index (κ1) is 18.8. The molecule has 3 aromatic rings. The van der Waals surface area contributed by atoms with Crippen LogP contribution in [0.25, 0.3) is 11.3 Å². The summed E-state index contributed by atoms with van der Waals surface area (Å²) >= 11 is 0. The van der Waals surface area contributed by atoms with Crippen LogP contribution in [-0.2, 0) is 6.42 Å². The fourth-order valence-corrected chi connectivity index (χ4v) is 3.58. The van der Waals surface area contributed by atoms with Crippen LogP contribution >= 0.6 is 0 Å². The molecule has 29 heavy (non-hydrogen) atoms. The third-order valence-electron chi connectivity index (χ3n) is 4.77. The molecule has 3 heterocycles. The minimum Gasteiger partial charge on any atom is -0.475 e. The second-order valence-electron chi connectivity index (χ2n) is 6.70. The fraction of sp³-hybridized carbons (Fsp3) is 0.238. The molecular weight excluding hydrogens is 372 g/mol. The number of pyridine rings is 1. The minimum absolute atomic E-state index is 0.0476. The van der Waals surface area contributed by atoms with Crippen LogP contribution in [0.5, 0.6) is 5.88 Å². The molecule has 8 heteroatoms. The van der Waals surface area contributed by atoms with Crippen molar-refractivity contribution in [1.29, 1.82) is 0 Å². The molecule has 4 rings (SSSR count). The van der Waals surface area contributed by atoms with Gasteiger partial charge in [-0.3, -0.25) is 4.79 Å². The molecule has 3 N–H and O–H groups in total. The van der Waals surface area contributed by atoms with Gasteiger partial charge in [-0.15, -0.1) is 0 Å². The molecule has 1 aliphatic rings. The maximum absolute atomic E-state index is 12.7. The number of hydrogen-bond donors (Lipinski definition) is 2. The molecule has 148 valence electrons. The first-order valence-electron chi connectivity index (χ1n) is 9.26. The van der Waals surface area contributed by atoms with E-state index >= 15 is 0 Å². The number of fused-ring (bicyclic) bond motifs is 1. The van der Waals surface area contributed by atoms with Crippen molar-refractivity contribution >= 4 is 11.9 Å². The molecule has 0 spiro atoms. The number of anilines is 1. The Morgan fingerprint density at radius 2 is 2.00 bits per heavy atom. The third-order valence-corrected chi connectivity index (χ3v) is 4.77. The SMILES string of the molecule is Cc1nc(N)nc2c1C(=O)NC(c1ccccc1-c1cccc(OCC[18F])n1)C2. The molecule has 1 aromatic carbocycles. The predicted octanol–water partition coefficient (Wildman–Crippen LogP) is 2.80. The lowest BCUT2D eigenvalue weighted by molar-refractivity contribution is 0.0922. The number of nitrogens with two attached hydrogens (primary N) is 1. The van der Waals surface area contributed by atoms with E-state index in [4.69, 9.17) is 10.5 Å². The van der Waals surface area contributed by atoms with E-state index < -0.39 is 6.67 Å². The highest BCUT2D eigenvalue weighted by Gasteiger charge is 2.30. The summed E-state index contributed by atoms with van der Waals surface area (Å²) in [5.41, 5.74) is 9.89. The first-order chi connectivity index (χ1) is 14.1. The van der Waals surface area contributed by atoms with Gasteiger partial charge in [-0.2, -0.15) is 0 Å². The molecule has 0 saturated heterocycles. The molecule has 0 radical (unpaired) electrons. The van der Waals surface area contributed by atoms with Crippen LogP contribution in [0.3, 0.4) is 0 Å². The lowest BCUT2D eigenvalue weighted by atomic mass is 9.90. The first-order valence-corrected chi connectivity index (χ1v) is 9.26. The summed E-state index contributed by atoms with van der Waals surface area (Å²) in [7, 11) is 0. The molecule has 0 aliphatic carbocycles. The molecule has 1 unspecified atom stereocenters. The lowest BCUT2D eigenvalue weighted by Gasteiger charge is -2.27. The molecule has 1 aliphatic heterocycles. The number of aryl methyl sites for hydroxylation is 1. The Morgan fingerprint density at radius 1 is 1.17 bits per heavy atom. The number of rotatable bonds is 5. The molecule has 0 bridgehead atoms. The molecule has 1 atom stereocenters. The monoisotopic (exact) mass is 392 g/mol. The summed E-state index contributed by atoms with van der Waals surface area (Å²) in [5, 5.41) is 3.04. The number of nitrogen functional groups attached to an aromatic ring is 1. The number of alkyl halides is 1. The van der Waals surface area contributed by atoms with E-state index in [1.54, 1.807) is 19.1 Å². The Morgan fingerprint density at radius 3 is 2.83 bits per heavy atom. The number of nitrogens with one attached hydrogen (secondary N) is 1. The van der Waals surface area contributed by atoms with Crippen molar-refractivity contribution < 1.29 is 13.9 Å². The van der Waals surface area contributed by atoms with Gasteiger partial charge in [-0.05, 0) is 18.6 Å². The number of ether oxygens (including phenoxy) is 1. The number of hydrogen-bond acceptors (Lipinski definition) is 6. The van der Waals surface area contributed by atoms with Gasteiger partial charge in [-0.25, -0.2) is 19.3 Å². The van der Waals surface area contributed by atoms with Crippen molar-refractivity contribution in [3.8, 4) is 17.1 Å². The lowest BCUT2D eigenvalue weighted by Crippen LogP contribution is -2.37. The maximum atomic E-state index is 12.7. The average molecular weight is 392 g/mol. The number of nitrogens with zero attached hydrogens (tertiary/aromatic N) is 3. The molecule has 0 saturated carbocycles. The quantitative estimate of drug-likeness (QED) is 0.692. The van der Waals surface area contributed by atoms with Gasteiger partial charge in [0.25, 0.3) is 5.91 Å². The predicted molar refractivity (Wildman–Crippen MR) is 106 cm³/mol. The van der Waals surface area contributed by atoms with Gasteiger partial charge in [0.15, 0.2) is 0 Å². The molecule has 0 fully saturated rings. The number of amides is 1. The van der Waals surface area contributed by atoms with Gasteiger partial charge in [0.05, 0.1) is 28.7 Å². The Labute approximate surface area is 167 Å². The van der Waals surface area contributed by atoms with Crippen LogP contribution in [-0.4, -0.2) is 34.1 Å². The number of carbonyl (C=O) groups excluding carboxylic acids is 1. The van der Waals surface area contributed by atoms with Crippen molar-refractivity contribution in [2.45, 2.75) is 19.4 Å². The van der Waals surface area contributed by atoms with E-state index in [1.165, 1.54) is 0 Å². The van der Waals surface area contributed by atoms with Crippen LogP contribution < -0.4 is 15.8 Å². The van der Waals surface area contributed by atoms with Crippen molar-refractivity contribution in [2.24, 2.45) is 0 Å². The highest BCUT2D eigenvalue weighted by atomic mass is 18.2. The van der Waals surface area contributed by atoms with E-state index in [9.17, 15) is 9.18 Å². The third kappa shape index (κ3) is 3.73. The van der Waals surface area contributed by atoms with Crippen LogP contribution in [0, 0.1) is 6.92 Å².